The Morgan fingerprint density at radius 1 is 0.722 bits per heavy atom. The van der Waals surface area contributed by atoms with E-state index in [1.54, 1.807) is 0 Å². The highest BCUT2D eigenvalue weighted by Gasteiger charge is 2.13. The van der Waals surface area contributed by atoms with Gasteiger partial charge in [0, 0.05) is 5.60 Å². The summed E-state index contributed by atoms with van der Waals surface area (Å²) in [6.07, 6.45) is 16.9. The van der Waals surface area contributed by atoms with E-state index in [4.69, 9.17) is 4.43 Å². The monoisotopic (exact) mass is 272 g/mol. The molecular weight excluding hydrogens is 236 g/mol. The van der Waals surface area contributed by atoms with E-state index in [1.165, 1.54) is 77.0 Å². The van der Waals surface area contributed by atoms with E-state index in [0.717, 1.165) is 10.5 Å². The summed E-state index contributed by atoms with van der Waals surface area (Å²) in [5.41, 5.74) is 0.144. The van der Waals surface area contributed by atoms with Crippen LogP contribution in [0.3, 0.4) is 0 Å². The van der Waals surface area contributed by atoms with Gasteiger partial charge in [0.25, 0.3) is 0 Å². The third kappa shape index (κ3) is 12.6. The molecular formula is C16H36OSi. The summed E-state index contributed by atoms with van der Waals surface area (Å²) in [6.45, 7) is 6.72. The van der Waals surface area contributed by atoms with Crippen molar-refractivity contribution in [2.45, 2.75) is 103 Å². The van der Waals surface area contributed by atoms with Gasteiger partial charge in [-0.05, 0) is 20.3 Å². The van der Waals surface area contributed by atoms with Crippen molar-refractivity contribution in [3.63, 3.8) is 0 Å². The van der Waals surface area contributed by atoms with Crippen molar-refractivity contribution < 1.29 is 4.43 Å². The maximum Gasteiger partial charge on any atom is 0.146 e. The van der Waals surface area contributed by atoms with Crippen LogP contribution in [-0.2, 0) is 4.43 Å². The van der Waals surface area contributed by atoms with E-state index in [-0.39, 0.29) is 5.60 Å². The average Bonchev–Trinajstić information content (AvgIpc) is 2.36. The van der Waals surface area contributed by atoms with Gasteiger partial charge in [-0.15, -0.1) is 0 Å². The molecule has 0 aromatic heterocycles. The van der Waals surface area contributed by atoms with Crippen LogP contribution in [0.2, 0.25) is 0 Å². The molecule has 0 rings (SSSR count). The van der Waals surface area contributed by atoms with Gasteiger partial charge >= 0.3 is 0 Å². The molecule has 0 aromatic rings. The van der Waals surface area contributed by atoms with Crippen LogP contribution in [0.25, 0.3) is 0 Å². The summed E-state index contributed by atoms with van der Waals surface area (Å²) >= 11 is 0. The smallest absolute Gasteiger partial charge is 0.146 e. The lowest BCUT2D eigenvalue weighted by Gasteiger charge is -2.23. The Morgan fingerprint density at radius 2 is 1.11 bits per heavy atom. The molecule has 0 aromatic carbocycles. The maximum absolute atomic E-state index is 5.57. The number of hydrogen-bond donors (Lipinski definition) is 0. The molecule has 0 N–H and O–H groups in total. The van der Waals surface area contributed by atoms with E-state index in [0.29, 0.717) is 0 Å². The minimum Gasteiger partial charge on any atom is -0.423 e. The van der Waals surface area contributed by atoms with Crippen molar-refractivity contribution in [3.8, 4) is 0 Å². The van der Waals surface area contributed by atoms with Gasteiger partial charge in [-0.2, -0.15) is 0 Å². The van der Waals surface area contributed by atoms with E-state index >= 15 is 0 Å². The molecule has 110 valence electrons. The first-order valence-corrected chi connectivity index (χ1v) is 8.99. The number of rotatable bonds is 13. The fourth-order valence-corrected chi connectivity index (χ4v) is 2.52. The van der Waals surface area contributed by atoms with E-state index < -0.39 is 0 Å². The molecule has 0 aliphatic carbocycles. The third-order valence-corrected chi connectivity index (χ3v) is 5.04. The zero-order valence-corrected chi connectivity index (χ0v) is 15.4. The average molecular weight is 273 g/mol. The van der Waals surface area contributed by atoms with Crippen molar-refractivity contribution >= 4 is 10.5 Å². The molecule has 1 nitrogen and oxygen atoms in total. The summed E-state index contributed by atoms with van der Waals surface area (Å²) in [6, 6.07) is 0. The van der Waals surface area contributed by atoms with Crippen LogP contribution in [-0.4, -0.2) is 16.1 Å². The number of unbranched alkanes of at least 4 members (excludes halogenated alkanes) is 10. The van der Waals surface area contributed by atoms with Gasteiger partial charge < -0.3 is 4.43 Å². The van der Waals surface area contributed by atoms with Crippen molar-refractivity contribution in [3.05, 3.63) is 0 Å². The van der Waals surface area contributed by atoms with Crippen molar-refractivity contribution in [1.29, 1.82) is 0 Å². The van der Waals surface area contributed by atoms with Gasteiger partial charge in [-0.25, -0.2) is 0 Å². The summed E-state index contributed by atoms with van der Waals surface area (Å²) in [5, 5.41) is 0. The summed E-state index contributed by atoms with van der Waals surface area (Å²) in [5.74, 6) is 0. The highest BCUT2D eigenvalue weighted by atomic mass is 28.2. The van der Waals surface area contributed by atoms with Crippen molar-refractivity contribution in [2.75, 3.05) is 0 Å². The highest BCUT2D eigenvalue weighted by Crippen LogP contribution is 2.18. The van der Waals surface area contributed by atoms with Crippen LogP contribution in [0.5, 0.6) is 0 Å². The Balaban J connectivity index is 3.08. The van der Waals surface area contributed by atoms with E-state index in [1.807, 2.05) is 0 Å². The molecule has 0 heterocycles. The highest BCUT2D eigenvalue weighted by molar-refractivity contribution is 5.98. The first kappa shape index (κ1) is 18.2. The lowest BCUT2D eigenvalue weighted by Crippen LogP contribution is -2.22. The summed E-state index contributed by atoms with van der Waals surface area (Å²) in [7, 11) is 0.868. The Bertz CT molecular complexity index is 168. The van der Waals surface area contributed by atoms with Crippen molar-refractivity contribution in [2.24, 2.45) is 0 Å². The fraction of sp³-hybridized carbons (Fsp3) is 1.00. The number of hydrogen-bond acceptors (Lipinski definition) is 1. The largest absolute Gasteiger partial charge is 0.423 e. The standard InChI is InChI=1S/C16H36OSi/c1-4-5-6-7-8-9-10-11-12-13-14-15-16(2,3)17-18/h4-15H2,1-3,18H3. The first-order chi connectivity index (χ1) is 8.62. The van der Waals surface area contributed by atoms with Gasteiger partial charge in [0.15, 0.2) is 0 Å². The molecule has 0 saturated heterocycles. The van der Waals surface area contributed by atoms with Gasteiger partial charge in [0.05, 0.1) is 0 Å². The molecule has 0 bridgehead atoms. The maximum atomic E-state index is 5.57. The summed E-state index contributed by atoms with van der Waals surface area (Å²) < 4.78 is 5.57. The van der Waals surface area contributed by atoms with Crippen LogP contribution >= 0.6 is 0 Å². The molecule has 2 heteroatoms. The van der Waals surface area contributed by atoms with Gasteiger partial charge in [0.2, 0.25) is 0 Å². The molecule has 0 spiro atoms. The predicted octanol–water partition coefficient (Wildman–Crippen LogP) is 4.76. The second kappa shape index (κ2) is 12.2. The van der Waals surface area contributed by atoms with Crippen LogP contribution < -0.4 is 0 Å². The minimum atomic E-state index is 0.144. The molecule has 0 unspecified atom stereocenters. The van der Waals surface area contributed by atoms with E-state index in [9.17, 15) is 0 Å². The SMILES string of the molecule is CCCCCCCCCCCCCC(C)(C)O[SiH3]. The second-order valence-electron chi connectivity index (χ2n) is 6.25. The van der Waals surface area contributed by atoms with Gasteiger partial charge in [-0.3, -0.25) is 0 Å². The Morgan fingerprint density at radius 3 is 1.50 bits per heavy atom. The Hall–Kier alpha value is 0.177. The first-order valence-electron chi connectivity index (χ1n) is 8.17. The predicted molar refractivity (Wildman–Crippen MR) is 86.2 cm³/mol. The van der Waals surface area contributed by atoms with Crippen LogP contribution in [0, 0.1) is 0 Å². The van der Waals surface area contributed by atoms with Crippen LogP contribution in [0.1, 0.15) is 97.8 Å². The molecule has 0 aliphatic heterocycles. The Labute approximate surface area is 119 Å². The summed E-state index contributed by atoms with van der Waals surface area (Å²) in [4.78, 5) is 0. The van der Waals surface area contributed by atoms with E-state index in [2.05, 4.69) is 20.8 Å². The van der Waals surface area contributed by atoms with Gasteiger partial charge in [-0.1, -0.05) is 77.6 Å². The van der Waals surface area contributed by atoms with Crippen LogP contribution in [0.4, 0.5) is 0 Å². The second-order valence-corrected chi connectivity index (χ2v) is 6.66. The fourth-order valence-electron chi connectivity index (χ4n) is 2.32. The third-order valence-electron chi connectivity index (χ3n) is 3.93. The normalized spacial score (nSPS) is 12.2. The zero-order valence-electron chi connectivity index (χ0n) is 13.4. The van der Waals surface area contributed by atoms with Crippen molar-refractivity contribution in [1.82, 2.24) is 0 Å². The molecule has 0 amide bonds. The zero-order chi connectivity index (χ0) is 13.7. The lowest BCUT2D eigenvalue weighted by molar-refractivity contribution is 0.109. The molecule has 18 heavy (non-hydrogen) atoms. The van der Waals surface area contributed by atoms with Crippen LogP contribution in [0.15, 0.2) is 0 Å². The molecule has 0 saturated carbocycles. The minimum absolute atomic E-state index is 0.144. The molecule has 0 atom stereocenters. The topological polar surface area (TPSA) is 9.23 Å². The van der Waals surface area contributed by atoms with Gasteiger partial charge in [0.1, 0.15) is 10.5 Å². The quantitative estimate of drug-likeness (QED) is 0.347. The Kier molecular flexibility index (Phi) is 12.3. The molecule has 0 fully saturated rings. The molecule has 0 aliphatic rings. The lowest BCUT2D eigenvalue weighted by atomic mass is 9.99. The molecule has 0 radical (unpaired) electrons.